The number of nitrogens with one attached hydrogen (secondary N) is 1. The Bertz CT molecular complexity index is 691. The predicted molar refractivity (Wildman–Crippen MR) is 66.1 cm³/mol. The van der Waals surface area contributed by atoms with Gasteiger partial charge in [-0.05, 0) is 12.1 Å². The number of anilines is 1. The summed E-state index contributed by atoms with van der Waals surface area (Å²) in [5.41, 5.74) is 1.56. The van der Waals surface area contributed by atoms with Gasteiger partial charge in [0.05, 0.1) is 5.52 Å². The number of imidazole rings is 1. The van der Waals surface area contributed by atoms with E-state index in [0.29, 0.717) is 29.7 Å². The number of carbonyl (C=O) groups excluding carboxylic acids is 3. The highest BCUT2D eigenvalue weighted by Crippen LogP contribution is 2.20. The number of aromatic nitrogens is 2. The Labute approximate surface area is 107 Å². The van der Waals surface area contributed by atoms with Crippen LogP contribution >= 0.6 is 0 Å². The third-order valence-electron chi connectivity index (χ3n) is 3.03. The van der Waals surface area contributed by atoms with Gasteiger partial charge in [-0.25, -0.2) is 9.78 Å². The molecule has 0 aliphatic carbocycles. The molecule has 3 amide bonds. The highest BCUT2D eigenvalue weighted by atomic mass is 16.2. The van der Waals surface area contributed by atoms with Crippen LogP contribution in [-0.2, 0) is 4.79 Å². The van der Waals surface area contributed by atoms with Crippen molar-refractivity contribution < 1.29 is 14.4 Å². The molecule has 7 heteroatoms. The lowest BCUT2D eigenvalue weighted by Crippen LogP contribution is -2.49. The van der Waals surface area contributed by atoms with Crippen molar-refractivity contribution in [2.45, 2.75) is 6.42 Å². The number of pyridine rings is 1. The molecular weight excluding hydrogens is 248 g/mol. The Kier molecular flexibility index (Phi) is 2.52. The van der Waals surface area contributed by atoms with Crippen molar-refractivity contribution in [3.63, 3.8) is 0 Å². The molecule has 2 aromatic heterocycles. The molecule has 1 fully saturated rings. The normalized spacial score (nSPS) is 15.7. The van der Waals surface area contributed by atoms with Crippen LogP contribution in [0.1, 0.15) is 16.9 Å². The van der Waals surface area contributed by atoms with Crippen LogP contribution in [0.3, 0.4) is 0 Å². The summed E-state index contributed by atoms with van der Waals surface area (Å²) in [5.74, 6) is -0.278. The second kappa shape index (κ2) is 4.20. The van der Waals surface area contributed by atoms with Gasteiger partial charge in [0.25, 0.3) is 0 Å². The number of rotatable bonds is 2. The maximum atomic E-state index is 11.7. The van der Waals surface area contributed by atoms with Gasteiger partial charge >= 0.3 is 6.03 Å². The van der Waals surface area contributed by atoms with Gasteiger partial charge < -0.3 is 4.40 Å². The van der Waals surface area contributed by atoms with Crippen LogP contribution in [0, 0.1) is 0 Å². The van der Waals surface area contributed by atoms with Crippen molar-refractivity contribution in [3.05, 3.63) is 30.4 Å². The Morgan fingerprint density at radius 3 is 2.95 bits per heavy atom. The molecule has 1 N–H and O–H groups in total. The molecule has 0 radical (unpaired) electrons. The molecule has 7 nitrogen and oxygen atoms in total. The van der Waals surface area contributed by atoms with Gasteiger partial charge in [0.2, 0.25) is 5.91 Å². The minimum Gasteiger partial charge on any atom is -0.305 e. The summed E-state index contributed by atoms with van der Waals surface area (Å²) < 4.78 is 1.69. The topological polar surface area (TPSA) is 83.8 Å². The third-order valence-corrected chi connectivity index (χ3v) is 3.03. The lowest BCUT2D eigenvalue weighted by atomic mass is 10.2. The Morgan fingerprint density at radius 2 is 2.21 bits per heavy atom. The third kappa shape index (κ3) is 1.85. The maximum absolute atomic E-state index is 11.7. The second-order valence-electron chi connectivity index (χ2n) is 4.18. The molecule has 96 valence electrons. The number of amides is 3. The van der Waals surface area contributed by atoms with Gasteiger partial charge in [0, 0.05) is 24.8 Å². The van der Waals surface area contributed by atoms with Crippen LogP contribution in [0.15, 0.2) is 24.7 Å². The second-order valence-corrected chi connectivity index (χ2v) is 4.18. The van der Waals surface area contributed by atoms with Crippen LogP contribution in [0.4, 0.5) is 10.5 Å². The van der Waals surface area contributed by atoms with Crippen LogP contribution in [-0.4, -0.2) is 34.2 Å². The lowest BCUT2D eigenvalue weighted by Gasteiger charge is -2.26. The summed E-state index contributed by atoms with van der Waals surface area (Å²) in [5, 5.41) is 2.25. The summed E-state index contributed by atoms with van der Waals surface area (Å²) in [7, 11) is 0. The minimum atomic E-state index is -0.451. The first-order valence-electron chi connectivity index (χ1n) is 5.72. The van der Waals surface area contributed by atoms with Crippen LogP contribution < -0.4 is 10.2 Å². The van der Waals surface area contributed by atoms with Crippen molar-refractivity contribution in [2.24, 2.45) is 0 Å². The van der Waals surface area contributed by atoms with E-state index in [2.05, 4.69) is 10.3 Å². The van der Waals surface area contributed by atoms with Crippen molar-refractivity contribution in [1.29, 1.82) is 0 Å². The van der Waals surface area contributed by atoms with Crippen molar-refractivity contribution in [2.75, 3.05) is 11.4 Å². The van der Waals surface area contributed by atoms with Crippen molar-refractivity contribution in [1.82, 2.24) is 14.7 Å². The van der Waals surface area contributed by atoms with E-state index in [1.54, 1.807) is 22.7 Å². The molecular formula is C12H10N4O3. The van der Waals surface area contributed by atoms with Crippen molar-refractivity contribution >= 4 is 29.4 Å². The molecule has 1 aliphatic heterocycles. The van der Waals surface area contributed by atoms with Gasteiger partial charge in [-0.3, -0.25) is 19.8 Å². The summed E-state index contributed by atoms with van der Waals surface area (Å²) in [4.78, 5) is 39.1. The number of hydrogen-bond acceptors (Lipinski definition) is 4. The molecule has 1 saturated heterocycles. The predicted octanol–water partition coefficient (Wildman–Crippen LogP) is 0.593. The molecule has 0 aromatic carbocycles. The van der Waals surface area contributed by atoms with E-state index < -0.39 is 6.03 Å². The minimum absolute atomic E-state index is 0.261. The largest absolute Gasteiger partial charge is 0.328 e. The molecule has 0 spiro atoms. The molecule has 0 atom stereocenters. The standard InChI is InChI=1S/C12H10N4O3/c17-6-9-10-5-8(1-3-15(10)7-13-9)16-4-2-11(18)14-12(16)19/h1,3,5-7H,2,4H2,(H,14,18,19). The average molecular weight is 258 g/mol. The van der Waals surface area contributed by atoms with Crippen LogP contribution in [0.2, 0.25) is 0 Å². The zero-order valence-corrected chi connectivity index (χ0v) is 9.87. The number of fused-ring (bicyclic) bond motifs is 1. The van der Waals surface area contributed by atoms with Crippen molar-refractivity contribution in [3.8, 4) is 0 Å². The van der Waals surface area contributed by atoms with Gasteiger partial charge in [0.1, 0.15) is 12.0 Å². The Balaban J connectivity index is 2.03. The quantitative estimate of drug-likeness (QED) is 0.799. The molecule has 0 saturated carbocycles. The average Bonchev–Trinajstić information content (AvgIpc) is 2.80. The van der Waals surface area contributed by atoms with Crippen LogP contribution in [0.5, 0.6) is 0 Å². The molecule has 0 unspecified atom stereocenters. The first kappa shape index (κ1) is 11.4. The summed E-state index contributed by atoms with van der Waals surface area (Å²) >= 11 is 0. The van der Waals surface area contributed by atoms with E-state index >= 15 is 0 Å². The number of aldehydes is 1. The van der Waals surface area contributed by atoms with Gasteiger partial charge in [-0.1, -0.05) is 0 Å². The SMILES string of the molecule is O=Cc1ncn2ccc(N3CCC(=O)NC3=O)cc12. The smallest absolute Gasteiger partial charge is 0.305 e. The maximum Gasteiger partial charge on any atom is 0.328 e. The van der Waals surface area contributed by atoms with Gasteiger partial charge in [-0.2, -0.15) is 0 Å². The fourth-order valence-corrected chi connectivity index (χ4v) is 2.07. The number of nitrogens with zero attached hydrogens (tertiary/aromatic N) is 3. The molecule has 0 bridgehead atoms. The van der Waals surface area contributed by atoms with E-state index in [0.717, 1.165) is 0 Å². The summed E-state index contributed by atoms with van der Waals surface area (Å²) in [6.07, 6.45) is 4.17. The summed E-state index contributed by atoms with van der Waals surface area (Å²) in [6, 6.07) is 2.98. The van der Waals surface area contributed by atoms with E-state index in [-0.39, 0.29) is 12.3 Å². The lowest BCUT2D eigenvalue weighted by molar-refractivity contribution is -0.120. The number of hydrogen-bond donors (Lipinski definition) is 1. The fraction of sp³-hybridized carbons (Fsp3) is 0.167. The number of carbonyl (C=O) groups is 3. The zero-order valence-electron chi connectivity index (χ0n) is 9.87. The van der Waals surface area contributed by atoms with Gasteiger partial charge in [0.15, 0.2) is 6.29 Å². The Hall–Kier alpha value is -2.70. The molecule has 2 aromatic rings. The molecule has 3 rings (SSSR count). The highest BCUT2D eigenvalue weighted by Gasteiger charge is 2.24. The fourth-order valence-electron chi connectivity index (χ4n) is 2.07. The molecule has 3 heterocycles. The summed E-state index contributed by atoms with van der Waals surface area (Å²) in [6.45, 7) is 0.325. The number of imide groups is 1. The zero-order chi connectivity index (χ0) is 13.4. The van der Waals surface area contributed by atoms with E-state index in [4.69, 9.17) is 0 Å². The Morgan fingerprint density at radius 1 is 1.37 bits per heavy atom. The van der Waals surface area contributed by atoms with Gasteiger partial charge in [-0.15, -0.1) is 0 Å². The monoisotopic (exact) mass is 258 g/mol. The first-order valence-corrected chi connectivity index (χ1v) is 5.72. The van der Waals surface area contributed by atoms with E-state index in [1.165, 1.54) is 11.2 Å². The molecule has 19 heavy (non-hydrogen) atoms. The first-order chi connectivity index (χ1) is 9.19. The highest BCUT2D eigenvalue weighted by molar-refractivity contribution is 6.05. The molecule has 1 aliphatic rings. The van der Waals surface area contributed by atoms with E-state index in [1.807, 2.05) is 0 Å². The van der Waals surface area contributed by atoms with E-state index in [9.17, 15) is 14.4 Å². The van der Waals surface area contributed by atoms with Crippen LogP contribution in [0.25, 0.3) is 5.52 Å². The number of urea groups is 1.